The number of hydrogen-bond donors (Lipinski definition) is 2. The van der Waals surface area contributed by atoms with Gasteiger partial charge in [0, 0.05) is 0 Å². The van der Waals surface area contributed by atoms with E-state index in [4.69, 9.17) is 19.4 Å². The number of benzene rings is 2. The quantitative estimate of drug-likeness (QED) is 0.259. The van der Waals surface area contributed by atoms with Gasteiger partial charge in [-0.1, -0.05) is 0 Å². The van der Waals surface area contributed by atoms with E-state index in [1.165, 1.54) is 41.9 Å². The molecule has 0 fully saturated rings. The molecule has 14 heteroatoms. The van der Waals surface area contributed by atoms with Gasteiger partial charge in [-0.15, -0.1) is 11.3 Å². The van der Waals surface area contributed by atoms with Crippen LogP contribution in [0.4, 0.5) is 8.78 Å². The van der Waals surface area contributed by atoms with E-state index in [0.717, 1.165) is 17.5 Å². The molecule has 0 aliphatic rings. The summed E-state index contributed by atoms with van der Waals surface area (Å²) in [7, 11) is 1.33. The van der Waals surface area contributed by atoms with Crippen LogP contribution in [0.25, 0.3) is 26.8 Å². The van der Waals surface area contributed by atoms with Gasteiger partial charge in [0.25, 0.3) is 6.47 Å². The van der Waals surface area contributed by atoms with Crippen LogP contribution in [0.3, 0.4) is 0 Å². The molecule has 9 nitrogen and oxygen atoms in total. The first-order chi connectivity index (χ1) is 17.3. The van der Waals surface area contributed by atoms with Gasteiger partial charge in [-0.2, -0.15) is 0 Å². The zero-order chi connectivity index (χ0) is 26.0. The molecule has 0 spiro atoms. The number of thiazole rings is 1. The fourth-order valence-corrected chi connectivity index (χ4v) is 5.95. The number of halogens is 2. The van der Waals surface area contributed by atoms with Gasteiger partial charge in [-0.05, 0) is 6.07 Å². The van der Waals surface area contributed by atoms with Crippen molar-refractivity contribution in [2.75, 3.05) is 7.11 Å². The van der Waals surface area contributed by atoms with Crippen LogP contribution in [0, 0.1) is 11.6 Å². The molecule has 180 valence electrons. The third-order valence-corrected chi connectivity index (χ3v) is 8.15. The molecule has 0 amide bonds. The Morgan fingerprint density at radius 1 is 1.19 bits per heavy atom. The smallest absolute Gasteiger partial charge is 0.290 e. The van der Waals surface area contributed by atoms with Crippen molar-refractivity contribution in [1.82, 2.24) is 14.5 Å². The summed E-state index contributed by atoms with van der Waals surface area (Å²) in [4.78, 5) is 40.9. The minimum Gasteiger partial charge on any atom is -0.483 e. The van der Waals surface area contributed by atoms with E-state index in [1.54, 1.807) is 17.0 Å². The number of thiophene rings is 1. The number of nitrogens with one attached hydrogen (secondary N) is 1. The van der Waals surface area contributed by atoms with E-state index in [1.807, 2.05) is 0 Å². The van der Waals surface area contributed by atoms with Gasteiger partial charge in [-0.25, -0.2) is 0 Å². The van der Waals surface area contributed by atoms with Crippen molar-refractivity contribution in [1.29, 1.82) is 0 Å². The summed E-state index contributed by atoms with van der Waals surface area (Å²) in [5.74, 6) is -1.26. The molecular formula is C22H14F2N3NaO6S2. The molecule has 5 rings (SSSR count). The van der Waals surface area contributed by atoms with Crippen molar-refractivity contribution in [3.63, 3.8) is 0 Å². The second-order valence-electron chi connectivity index (χ2n) is 7.22. The van der Waals surface area contributed by atoms with Gasteiger partial charge in [0.15, 0.2) is 0 Å². The zero-order valence-corrected chi connectivity index (χ0v) is 22.3. The molecule has 0 radical (unpaired) electrons. The summed E-state index contributed by atoms with van der Waals surface area (Å²) in [6.45, 7) is -0.464. The maximum Gasteiger partial charge on any atom is 0.290 e. The average Bonchev–Trinajstić information content (AvgIpc) is 3.47. The standard InChI is InChI=1S/C21H12F2N3O4S2.CH2O2.Na/c1-29-16-4-13(23)15(26-20(27)11-7-31-8-14(11)25-21(26)28)5-17(16)30-6-10-12(22)2-3-18-19(10)24-9-32-18;2-1-3;/h2-5,8-9H,6H2,1H3,(H,25,28);1H,(H,2,3);. The van der Waals surface area contributed by atoms with E-state index in [-0.39, 0.29) is 35.8 Å². The molecule has 0 aliphatic carbocycles. The molecule has 36 heavy (non-hydrogen) atoms. The van der Waals surface area contributed by atoms with Gasteiger partial charge in [-0.3, -0.25) is 4.79 Å². The van der Waals surface area contributed by atoms with E-state index in [0.29, 0.717) is 44.4 Å². The van der Waals surface area contributed by atoms with Crippen LogP contribution in [0.2, 0.25) is 0 Å². The molecule has 0 saturated heterocycles. The predicted molar refractivity (Wildman–Crippen MR) is 133 cm³/mol. The largest absolute Gasteiger partial charge is 0.483 e. The summed E-state index contributed by atoms with van der Waals surface area (Å²) in [5.41, 5.74) is 1.04. The summed E-state index contributed by atoms with van der Waals surface area (Å²) in [6.07, 6.45) is 0. The topological polar surface area (TPSA) is 124 Å². The molecule has 2 N–H and O–H groups in total. The zero-order valence-electron chi connectivity index (χ0n) is 18.7. The summed E-state index contributed by atoms with van der Waals surface area (Å²) in [5, 5.41) is 8.94. The normalized spacial score (nSPS) is 10.8. The first-order valence-electron chi connectivity index (χ1n) is 10.1. The second kappa shape index (κ2) is 10.9. The van der Waals surface area contributed by atoms with Gasteiger partial charge in [0.2, 0.25) is 0 Å². The van der Waals surface area contributed by atoms with Crippen molar-refractivity contribution in [2.45, 2.75) is 6.61 Å². The number of hydrogen-bond acceptors (Lipinski definition) is 8. The molecular weight excluding hydrogens is 527 g/mol. The number of fused-ring (bicyclic) bond motifs is 2. The van der Waals surface area contributed by atoms with Crippen LogP contribution in [-0.2, 0) is 11.4 Å². The molecule has 0 bridgehead atoms. The minimum absolute atomic E-state index is 0.0341. The number of nitrogens with zero attached hydrogens (tertiary/aromatic N) is 2. The first-order valence-corrected chi connectivity index (χ1v) is 12.9. The molecule has 3 heterocycles. The monoisotopic (exact) mass is 541 g/mol. The Bertz CT molecular complexity index is 1710. The van der Waals surface area contributed by atoms with Gasteiger partial charge < -0.3 is 5.11 Å². The second-order valence-corrected chi connectivity index (χ2v) is 10.9. The third kappa shape index (κ3) is 4.80. The van der Waals surface area contributed by atoms with Crippen LogP contribution in [-0.4, -0.2) is 61.2 Å². The Hall–Kier alpha value is -3.10. The number of carboxylic acid groups (broad SMARTS) is 1. The van der Waals surface area contributed by atoms with Crippen LogP contribution >= 0.6 is 22.7 Å². The number of aromatic nitrogens is 3. The molecule has 0 aliphatic heterocycles. The Balaban J connectivity index is 0.000000967. The summed E-state index contributed by atoms with van der Waals surface area (Å²) < 4.78 is 42.8. The van der Waals surface area contributed by atoms with Crippen LogP contribution < -0.4 is 22.8 Å². The number of rotatable bonds is 5. The van der Waals surface area contributed by atoms with E-state index >= 15 is 0 Å². The van der Waals surface area contributed by atoms with Crippen molar-refractivity contribution in [3.05, 3.63) is 73.2 Å². The Morgan fingerprint density at radius 3 is 2.67 bits per heavy atom. The number of H-pyrrole nitrogens is 1. The Morgan fingerprint density at radius 2 is 1.94 bits per heavy atom. The van der Waals surface area contributed by atoms with Crippen LogP contribution in [0.1, 0.15) is 5.56 Å². The fourth-order valence-electron chi connectivity index (χ4n) is 3.62. The van der Waals surface area contributed by atoms with Crippen molar-refractivity contribution in [3.8, 4) is 17.2 Å². The van der Waals surface area contributed by atoms with Crippen LogP contribution in [0.5, 0.6) is 11.5 Å². The number of methoxy groups -OCH3 is 1. The maximum atomic E-state index is 15.0. The summed E-state index contributed by atoms with van der Waals surface area (Å²) in [6, 6.07) is 5.19. The van der Waals surface area contributed by atoms with E-state index < -0.39 is 22.9 Å². The van der Waals surface area contributed by atoms with Crippen molar-refractivity contribution in [2.24, 2.45) is 0 Å². The molecule has 0 unspecified atom stereocenters. The van der Waals surface area contributed by atoms with E-state index in [2.05, 4.69) is 9.97 Å². The van der Waals surface area contributed by atoms with Crippen LogP contribution in [0.15, 0.2) is 44.7 Å². The Kier molecular flexibility index (Phi) is 7.85. The van der Waals surface area contributed by atoms with Gasteiger partial charge in [0.05, 0.1) is 5.51 Å². The molecule has 0 saturated carbocycles. The van der Waals surface area contributed by atoms with E-state index in [9.17, 15) is 18.4 Å². The molecule has 3 aromatic heterocycles. The molecule has 2 aromatic carbocycles. The minimum atomic E-state index is -0.843. The predicted octanol–water partition coefficient (Wildman–Crippen LogP) is 2.71. The number of carbonyl (C=O) groups is 1. The SMILES string of the molecule is COc1cc(F)c(-n2c(=O)[nH]c3cs[c]([Na])c3c2=O)cc1OCc1c(F)ccc2scnc12.O=CO. The summed E-state index contributed by atoms with van der Waals surface area (Å²) >= 11 is 3.33. The Labute approximate surface area is 226 Å². The molecule has 0 atom stereocenters. The van der Waals surface area contributed by atoms with Gasteiger partial charge in [0.1, 0.15) is 0 Å². The average molecular weight is 541 g/mol. The maximum absolute atomic E-state index is 15.0. The van der Waals surface area contributed by atoms with Crippen molar-refractivity contribution < 1.29 is 28.2 Å². The van der Waals surface area contributed by atoms with Crippen molar-refractivity contribution >= 4 is 80.3 Å². The first kappa shape index (κ1) is 26.0. The molecule has 5 aromatic rings. The number of ether oxygens (including phenoxy) is 2. The fraction of sp³-hybridized carbons (Fsp3) is 0.0909. The third-order valence-electron chi connectivity index (χ3n) is 5.23. The number of aromatic amines is 1. The van der Waals surface area contributed by atoms with Gasteiger partial charge >= 0.3 is 188 Å².